The fraction of sp³-hybridized carbons (Fsp3) is 0.429. The molecule has 1 aromatic rings. The van der Waals surface area contributed by atoms with Crippen LogP contribution in [0.3, 0.4) is 0 Å². The van der Waals surface area contributed by atoms with Gasteiger partial charge >= 0.3 is 0 Å². The molecule has 0 saturated heterocycles. The van der Waals surface area contributed by atoms with Gasteiger partial charge < -0.3 is 5.32 Å². The lowest BCUT2D eigenvalue weighted by Crippen LogP contribution is -2.11. The minimum Gasteiger partial charge on any atom is -0.354 e. The second-order valence-electron chi connectivity index (χ2n) is 2.34. The molecule has 0 aliphatic heterocycles. The van der Waals surface area contributed by atoms with Crippen molar-refractivity contribution in [3.8, 4) is 0 Å². The van der Waals surface area contributed by atoms with Gasteiger partial charge in [-0.15, -0.1) is 0 Å². The largest absolute Gasteiger partial charge is 0.354 e. The number of nitrogens with zero attached hydrogens (tertiary/aromatic N) is 3. The normalized spacial score (nSPS) is 9.38. The summed E-state index contributed by atoms with van der Waals surface area (Å²) in [5, 5.41) is 5.37. The monoisotopic (exact) mass is 181 g/mol. The van der Waals surface area contributed by atoms with Crippen LogP contribution in [0.4, 0.5) is 11.9 Å². The van der Waals surface area contributed by atoms with Crippen LogP contribution in [-0.2, 0) is 4.79 Å². The topological polar surface area (TPSA) is 79.8 Å². The van der Waals surface area contributed by atoms with Crippen LogP contribution in [0.5, 0.6) is 0 Å². The molecule has 1 amide bonds. The Labute approximate surface area is 75.8 Å². The third kappa shape index (κ3) is 3.02. The lowest BCUT2D eigenvalue weighted by molar-refractivity contribution is -0.114. The van der Waals surface area contributed by atoms with Crippen LogP contribution >= 0.6 is 0 Å². The zero-order valence-electron chi connectivity index (χ0n) is 7.53. The summed E-state index contributed by atoms with van der Waals surface area (Å²) in [6.07, 6.45) is 1.34. The van der Waals surface area contributed by atoms with E-state index in [1.54, 1.807) is 0 Å². The second-order valence-corrected chi connectivity index (χ2v) is 2.34. The van der Waals surface area contributed by atoms with E-state index in [0.717, 1.165) is 6.54 Å². The summed E-state index contributed by atoms with van der Waals surface area (Å²) in [5.41, 5.74) is 0. The van der Waals surface area contributed by atoms with Gasteiger partial charge in [0, 0.05) is 13.5 Å². The van der Waals surface area contributed by atoms with E-state index in [2.05, 4.69) is 25.6 Å². The fourth-order valence-electron chi connectivity index (χ4n) is 0.757. The van der Waals surface area contributed by atoms with Gasteiger partial charge in [-0.05, 0) is 6.92 Å². The summed E-state index contributed by atoms with van der Waals surface area (Å²) in [5.74, 6) is 0.522. The van der Waals surface area contributed by atoms with Crippen molar-refractivity contribution in [2.24, 2.45) is 0 Å². The van der Waals surface area contributed by atoms with Crippen LogP contribution in [-0.4, -0.2) is 27.4 Å². The molecule has 0 radical (unpaired) electrons. The first-order chi connectivity index (χ1) is 6.22. The molecular formula is C7H11N5O. The van der Waals surface area contributed by atoms with E-state index >= 15 is 0 Å². The van der Waals surface area contributed by atoms with E-state index < -0.39 is 0 Å². The molecule has 6 heteroatoms. The first kappa shape index (κ1) is 9.37. The average Bonchev–Trinajstić information content (AvgIpc) is 2.04. The van der Waals surface area contributed by atoms with Gasteiger partial charge in [0.1, 0.15) is 6.33 Å². The molecule has 0 bridgehead atoms. The number of carbonyl (C=O) groups is 1. The number of carbonyl (C=O) groups excluding carboxylic acids is 1. The minimum absolute atomic E-state index is 0.200. The van der Waals surface area contributed by atoms with Crippen molar-refractivity contribution in [3.63, 3.8) is 0 Å². The van der Waals surface area contributed by atoms with Crippen molar-refractivity contribution in [1.82, 2.24) is 15.0 Å². The highest BCUT2D eigenvalue weighted by atomic mass is 16.1. The quantitative estimate of drug-likeness (QED) is 0.699. The Balaban J connectivity index is 2.73. The van der Waals surface area contributed by atoms with E-state index in [1.807, 2.05) is 6.92 Å². The number of amides is 1. The van der Waals surface area contributed by atoms with Gasteiger partial charge in [-0.1, -0.05) is 0 Å². The van der Waals surface area contributed by atoms with Gasteiger partial charge in [-0.25, -0.2) is 9.97 Å². The highest BCUT2D eigenvalue weighted by Gasteiger charge is 2.00. The minimum atomic E-state index is -0.200. The molecule has 6 nitrogen and oxygen atoms in total. The van der Waals surface area contributed by atoms with E-state index in [9.17, 15) is 4.79 Å². The van der Waals surface area contributed by atoms with Gasteiger partial charge in [-0.2, -0.15) is 4.98 Å². The number of hydrogen-bond donors (Lipinski definition) is 2. The molecular weight excluding hydrogens is 170 g/mol. The Hall–Kier alpha value is -1.72. The summed E-state index contributed by atoms with van der Waals surface area (Å²) < 4.78 is 0. The summed E-state index contributed by atoms with van der Waals surface area (Å²) in [4.78, 5) is 22.2. The number of aromatic nitrogens is 3. The lowest BCUT2D eigenvalue weighted by atomic mass is 10.7. The Morgan fingerprint density at radius 3 is 2.77 bits per heavy atom. The van der Waals surface area contributed by atoms with Gasteiger partial charge in [-0.3, -0.25) is 10.1 Å². The van der Waals surface area contributed by atoms with E-state index in [1.165, 1.54) is 13.3 Å². The summed E-state index contributed by atoms with van der Waals surface area (Å²) >= 11 is 0. The third-order valence-electron chi connectivity index (χ3n) is 1.19. The maximum absolute atomic E-state index is 10.7. The van der Waals surface area contributed by atoms with Crippen LogP contribution in [0.2, 0.25) is 0 Å². The molecule has 0 fully saturated rings. The Morgan fingerprint density at radius 1 is 1.46 bits per heavy atom. The lowest BCUT2D eigenvalue weighted by Gasteiger charge is -2.02. The fourth-order valence-corrected chi connectivity index (χ4v) is 0.757. The van der Waals surface area contributed by atoms with Crippen molar-refractivity contribution in [3.05, 3.63) is 6.33 Å². The van der Waals surface area contributed by atoms with E-state index in [0.29, 0.717) is 5.95 Å². The van der Waals surface area contributed by atoms with Crippen LogP contribution < -0.4 is 10.6 Å². The highest BCUT2D eigenvalue weighted by molar-refractivity contribution is 5.86. The molecule has 0 atom stereocenters. The van der Waals surface area contributed by atoms with Gasteiger partial charge in [0.2, 0.25) is 17.8 Å². The van der Waals surface area contributed by atoms with Crippen LogP contribution in [0.25, 0.3) is 0 Å². The molecule has 0 aromatic carbocycles. The first-order valence-corrected chi connectivity index (χ1v) is 3.93. The van der Waals surface area contributed by atoms with Crippen LogP contribution in [0.15, 0.2) is 6.33 Å². The van der Waals surface area contributed by atoms with Crippen molar-refractivity contribution >= 4 is 17.8 Å². The average molecular weight is 181 g/mol. The van der Waals surface area contributed by atoms with Crippen molar-refractivity contribution < 1.29 is 4.79 Å². The van der Waals surface area contributed by atoms with Gasteiger partial charge in [0.15, 0.2) is 0 Å². The predicted octanol–water partition coefficient (Wildman–Crippen LogP) is 0.262. The van der Waals surface area contributed by atoms with Gasteiger partial charge in [0.25, 0.3) is 0 Å². The maximum Gasteiger partial charge on any atom is 0.234 e. The molecule has 0 saturated carbocycles. The molecule has 70 valence electrons. The zero-order valence-corrected chi connectivity index (χ0v) is 7.53. The van der Waals surface area contributed by atoms with Crippen molar-refractivity contribution in [2.45, 2.75) is 13.8 Å². The van der Waals surface area contributed by atoms with Crippen molar-refractivity contribution in [1.29, 1.82) is 0 Å². The first-order valence-electron chi connectivity index (χ1n) is 3.93. The summed E-state index contributed by atoms with van der Waals surface area (Å²) in [6.45, 7) is 4.06. The van der Waals surface area contributed by atoms with Crippen molar-refractivity contribution in [2.75, 3.05) is 17.2 Å². The number of hydrogen-bond acceptors (Lipinski definition) is 5. The van der Waals surface area contributed by atoms with Crippen LogP contribution in [0, 0.1) is 0 Å². The summed E-state index contributed by atoms with van der Waals surface area (Å²) in [6, 6.07) is 0. The molecule has 1 heterocycles. The highest BCUT2D eigenvalue weighted by Crippen LogP contribution is 2.00. The molecule has 1 aromatic heterocycles. The van der Waals surface area contributed by atoms with Crippen LogP contribution in [0.1, 0.15) is 13.8 Å². The molecule has 0 aliphatic rings. The number of rotatable bonds is 3. The predicted molar refractivity (Wildman–Crippen MR) is 48.3 cm³/mol. The number of nitrogens with one attached hydrogen (secondary N) is 2. The second kappa shape index (κ2) is 4.34. The molecule has 0 unspecified atom stereocenters. The molecule has 2 N–H and O–H groups in total. The standard InChI is InChI=1S/C7H11N5O/c1-3-8-6-9-4-10-7(12-6)11-5(2)13/h4H,3H2,1-2H3,(H2,8,9,10,11,12,13). The third-order valence-corrected chi connectivity index (χ3v) is 1.19. The Bertz CT molecular complexity index is 301. The Morgan fingerprint density at radius 2 is 2.15 bits per heavy atom. The molecule has 1 rings (SSSR count). The smallest absolute Gasteiger partial charge is 0.234 e. The molecule has 0 spiro atoms. The molecule has 0 aliphatic carbocycles. The maximum atomic E-state index is 10.7. The summed E-state index contributed by atoms with van der Waals surface area (Å²) in [7, 11) is 0. The molecule has 13 heavy (non-hydrogen) atoms. The zero-order chi connectivity index (χ0) is 9.68. The van der Waals surface area contributed by atoms with Gasteiger partial charge in [0.05, 0.1) is 0 Å². The SMILES string of the molecule is CCNc1ncnc(NC(C)=O)n1. The number of anilines is 2. The van der Waals surface area contributed by atoms with E-state index in [4.69, 9.17) is 0 Å². The Kier molecular flexibility index (Phi) is 3.13. The van der Waals surface area contributed by atoms with E-state index in [-0.39, 0.29) is 11.9 Å².